The molecule has 0 saturated carbocycles. The topological polar surface area (TPSA) is 34.8 Å². The van der Waals surface area contributed by atoms with Gasteiger partial charge < -0.3 is 8.98 Å². The van der Waals surface area contributed by atoms with Gasteiger partial charge in [0, 0.05) is 35.7 Å². The largest absolute Gasteiger partial charge is 0.436 e. The molecule has 0 amide bonds. The first-order valence-corrected chi connectivity index (χ1v) is 9.04. The van der Waals surface area contributed by atoms with Crippen molar-refractivity contribution >= 4 is 22.2 Å². The molecule has 3 aromatic heterocycles. The third-order valence-corrected chi connectivity index (χ3v) is 5.32. The minimum absolute atomic E-state index is 0.684. The number of para-hydroxylation sites is 1. The number of rotatable bonds is 2. The average Bonchev–Trinajstić information content (AvgIpc) is 3.19. The van der Waals surface area contributed by atoms with E-state index in [-0.39, 0.29) is 0 Å². The van der Waals surface area contributed by atoms with Gasteiger partial charge in [-0.05, 0) is 36.8 Å². The Balaban J connectivity index is 1.75. The summed E-state index contributed by atoms with van der Waals surface area (Å²) in [4.78, 5) is 4.83. The van der Waals surface area contributed by atoms with E-state index in [1.807, 2.05) is 24.3 Å². The van der Waals surface area contributed by atoms with Gasteiger partial charge in [-0.2, -0.15) is 4.98 Å². The highest BCUT2D eigenvalue weighted by Gasteiger charge is 2.20. The molecule has 0 aliphatic rings. The lowest BCUT2D eigenvalue weighted by Crippen LogP contribution is -2.30. The number of imidazole rings is 1. The summed E-state index contributed by atoms with van der Waals surface area (Å²) in [6, 6.07) is 20.7. The summed E-state index contributed by atoms with van der Waals surface area (Å²) in [5.41, 5.74) is 7.31. The first kappa shape index (κ1) is 15.8. The van der Waals surface area contributed by atoms with Gasteiger partial charge >= 0.3 is 0 Å². The zero-order valence-electron chi connectivity index (χ0n) is 15.6. The van der Waals surface area contributed by atoms with Crippen molar-refractivity contribution in [3.8, 4) is 22.6 Å². The molecular formula is C23H20N3O+. The number of aryl methyl sites for hydroxylation is 2. The van der Waals surface area contributed by atoms with Gasteiger partial charge in [-0.25, -0.2) is 4.57 Å². The fraction of sp³-hybridized carbons (Fsp3) is 0.130. The second-order valence-electron chi connectivity index (χ2n) is 6.92. The van der Waals surface area contributed by atoms with Crippen LogP contribution in [0.2, 0.25) is 0 Å². The predicted octanol–water partition coefficient (Wildman–Crippen LogP) is 4.79. The number of hydrogen-bond donors (Lipinski definition) is 0. The normalized spacial score (nSPS) is 11.5. The van der Waals surface area contributed by atoms with Crippen molar-refractivity contribution < 1.29 is 8.98 Å². The average molecular weight is 354 g/mol. The van der Waals surface area contributed by atoms with E-state index < -0.39 is 0 Å². The second kappa shape index (κ2) is 5.81. The van der Waals surface area contributed by atoms with E-state index in [1.54, 1.807) is 0 Å². The molecule has 4 heteroatoms. The van der Waals surface area contributed by atoms with Crippen LogP contribution >= 0.6 is 0 Å². The number of fused-ring (bicyclic) bond motifs is 3. The van der Waals surface area contributed by atoms with E-state index >= 15 is 0 Å². The zero-order valence-corrected chi connectivity index (χ0v) is 15.6. The van der Waals surface area contributed by atoms with E-state index in [2.05, 4.69) is 72.7 Å². The number of pyridine rings is 1. The molecule has 0 atom stereocenters. The number of nitrogens with zero attached hydrogens (tertiary/aromatic N) is 3. The standard InChI is InChI=1S/C23H20N3O/c1-15-16(19-12-6-7-14-25(19)2)10-8-11-17(15)22-24-23-21(26(22)3)18-9-4-5-13-20(18)27-23/h4-14H,1-3H3/q+1. The van der Waals surface area contributed by atoms with Crippen LogP contribution in [-0.2, 0) is 14.1 Å². The Morgan fingerprint density at radius 2 is 1.70 bits per heavy atom. The van der Waals surface area contributed by atoms with Gasteiger partial charge in [0.05, 0.1) is 0 Å². The minimum atomic E-state index is 0.684. The maximum absolute atomic E-state index is 5.97. The molecule has 5 aromatic rings. The monoisotopic (exact) mass is 354 g/mol. The molecule has 0 bridgehead atoms. The van der Waals surface area contributed by atoms with Gasteiger partial charge in [-0.3, -0.25) is 0 Å². The number of benzene rings is 2. The van der Waals surface area contributed by atoms with Gasteiger partial charge in [0.1, 0.15) is 24.0 Å². The highest BCUT2D eigenvalue weighted by atomic mass is 16.3. The Labute approximate surface area is 157 Å². The lowest BCUT2D eigenvalue weighted by atomic mass is 9.99. The van der Waals surface area contributed by atoms with Gasteiger partial charge in [-0.15, -0.1) is 0 Å². The number of aromatic nitrogens is 3. The van der Waals surface area contributed by atoms with E-state index in [0.29, 0.717) is 5.71 Å². The second-order valence-corrected chi connectivity index (χ2v) is 6.92. The summed E-state index contributed by atoms with van der Waals surface area (Å²) in [7, 11) is 4.13. The van der Waals surface area contributed by atoms with Crippen molar-refractivity contribution in [2.75, 3.05) is 0 Å². The maximum atomic E-state index is 5.97. The van der Waals surface area contributed by atoms with Crippen molar-refractivity contribution in [2.24, 2.45) is 14.1 Å². The predicted molar refractivity (Wildman–Crippen MR) is 107 cm³/mol. The molecule has 0 unspecified atom stereocenters. The molecule has 0 saturated heterocycles. The van der Waals surface area contributed by atoms with Gasteiger partial charge in [0.2, 0.25) is 11.4 Å². The molecule has 132 valence electrons. The lowest BCUT2D eigenvalue weighted by Gasteiger charge is -2.10. The van der Waals surface area contributed by atoms with Crippen LogP contribution in [0.1, 0.15) is 5.56 Å². The molecule has 5 rings (SSSR count). The molecule has 0 aliphatic carbocycles. The van der Waals surface area contributed by atoms with Crippen LogP contribution in [0, 0.1) is 6.92 Å². The van der Waals surface area contributed by atoms with Crippen LogP contribution in [-0.4, -0.2) is 9.55 Å². The van der Waals surface area contributed by atoms with Crippen molar-refractivity contribution in [3.63, 3.8) is 0 Å². The van der Waals surface area contributed by atoms with Crippen LogP contribution in [0.25, 0.3) is 44.8 Å². The van der Waals surface area contributed by atoms with Crippen molar-refractivity contribution in [1.82, 2.24) is 9.55 Å². The fourth-order valence-electron chi connectivity index (χ4n) is 3.90. The Bertz CT molecular complexity index is 1310. The first-order valence-electron chi connectivity index (χ1n) is 9.04. The summed E-state index contributed by atoms with van der Waals surface area (Å²) in [6.45, 7) is 2.16. The first-order chi connectivity index (χ1) is 13.1. The molecule has 0 aliphatic heterocycles. The fourth-order valence-corrected chi connectivity index (χ4v) is 3.90. The van der Waals surface area contributed by atoms with E-state index in [0.717, 1.165) is 27.9 Å². The molecular weight excluding hydrogens is 334 g/mol. The molecule has 3 heterocycles. The highest BCUT2D eigenvalue weighted by molar-refractivity contribution is 6.02. The molecule has 0 fully saturated rings. The van der Waals surface area contributed by atoms with Crippen LogP contribution in [0.5, 0.6) is 0 Å². The number of furan rings is 1. The Hall–Kier alpha value is -3.40. The van der Waals surface area contributed by atoms with Crippen LogP contribution < -0.4 is 4.57 Å². The third-order valence-electron chi connectivity index (χ3n) is 5.32. The molecule has 0 N–H and O–H groups in total. The van der Waals surface area contributed by atoms with Crippen molar-refractivity contribution in [3.05, 3.63) is 72.4 Å². The van der Waals surface area contributed by atoms with E-state index in [4.69, 9.17) is 9.40 Å². The van der Waals surface area contributed by atoms with Crippen LogP contribution in [0.4, 0.5) is 0 Å². The maximum Gasteiger partial charge on any atom is 0.246 e. The SMILES string of the molecule is Cc1c(-c2nc3oc4ccccc4c3n2C)cccc1-c1cccc[n+]1C. The van der Waals surface area contributed by atoms with Crippen molar-refractivity contribution in [2.45, 2.75) is 6.92 Å². The molecule has 4 nitrogen and oxygen atoms in total. The molecule has 27 heavy (non-hydrogen) atoms. The summed E-state index contributed by atoms with van der Waals surface area (Å²) in [5.74, 6) is 0.924. The Morgan fingerprint density at radius 3 is 2.56 bits per heavy atom. The minimum Gasteiger partial charge on any atom is -0.436 e. The van der Waals surface area contributed by atoms with Gasteiger partial charge in [0.15, 0.2) is 6.20 Å². The van der Waals surface area contributed by atoms with E-state index in [1.165, 1.54) is 16.8 Å². The third kappa shape index (κ3) is 2.30. The summed E-state index contributed by atoms with van der Waals surface area (Å²) in [6.07, 6.45) is 2.07. The highest BCUT2D eigenvalue weighted by Crippen LogP contribution is 2.35. The van der Waals surface area contributed by atoms with Gasteiger partial charge in [0.25, 0.3) is 0 Å². The summed E-state index contributed by atoms with van der Waals surface area (Å²) >= 11 is 0. The number of hydrogen-bond acceptors (Lipinski definition) is 2. The lowest BCUT2D eigenvalue weighted by molar-refractivity contribution is -0.660. The van der Waals surface area contributed by atoms with Gasteiger partial charge in [-0.1, -0.05) is 24.3 Å². The zero-order chi connectivity index (χ0) is 18.5. The molecule has 0 spiro atoms. The Morgan fingerprint density at radius 1 is 0.926 bits per heavy atom. The van der Waals surface area contributed by atoms with Crippen LogP contribution in [0.15, 0.2) is 71.3 Å². The Kier molecular flexibility index (Phi) is 3.41. The smallest absolute Gasteiger partial charge is 0.246 e. The summed E-state index contributed by atoms with van der Waals surface area (Å²) in [5, 5.41) is 1.09. The van der Waals surface area contributed by atoms with Crippen molar-refractivity contribution in [1.29, 1.82) is 0 Å². The van der Waals surface area contributed by atoms with E-state index in [9.17, 15) is 0 Å². The quantitative estimate of drug-likeness (QED) is 0.427. The summed E-state index contributed by atoms with van der Waals surface area (Å²) < 4.78 is 10.3. The molecule has 0 radical (unpaired) electrons. The molecule has 2 aromatic carbocycles. The van der Waals surface area contributed by atoms with Crippen LogP contribution in [0.3, 0.4) is 0 Å².